The minimum Gasteiger partial charge on any atom is -0.350 e. The number of sulfonamides is 1. The molecule has 3 rings (SSSR count). The Morgan fingerprint density at radius 1 is 0.862 bits per heavy atom. The van der Waals surface area contributed by atoms with Gasteiger partial charge in [-0.2, -0.15) is 0 Å². The summed E-state index contributed by atoms with van der Waals surface area (Å²) < 4.78 is 27.7. The molecule has 0 radical (unpaired) electrons. The van der Waals surface area contributed by atoms with Crippen molar-refractivity contribution >= 4 is 21.6 Å². The van der Waals surface area contributed by atoms with Crippen LogP contribution in [0.25, 0.3) is 0 Å². The largest absolute Gasteiger partial charge is 0.350 e. The van der Waals surface area contributed by atoms with Crippen LogP contribution in [0.2, 0.25) is 0 Å². The summed E-state index contributed by atoms with van der Waals surface area (Å²) in [6, 6.07) is 23.2. The molecule has 5 nitrogen and oxygen atoms in total. The molecule has 3 aromatic rings. The van der Waals surface area contributed by atoms with E-state index in [1.807, 2.05) is 44.2 Å². The number of hydrogen-bond donors (Lipinski definition) is 1. The van der Waals surface area contributed by atoms with Crippen LogP contribution < -0.4 is 9.62 Å². The number of nitrogens with one attached hydrogen (secondary N) is 1. The van der Waals surface area contributed by atoms with Gasteiger partial charge in [-0.25, -0.2) is 8.42 Å². The fraction of sp³-hybridized carbons (Fsp3) is 0.174. The monoisotopic (exact) mass is 408 g/mol. The summed E-state index contributed by atoms with van der Waals surface area (Å²) in [6.07, 6.45) is 0. The minimum absolute atomic E-state index is 0.160. The smallest absolute Gasteiger partial charge is 0.264 e. The second-order valence-electron chi connectivity index (χ2n) is 6.93. The van der Waals surface area contributed by atoms with Crippen LogP contribution in [0, 0.1) is 13.8 Å². The first-order valence-corrected chi connectivity index (χ1v) is 10.8. The molecule has 1 amide bonds. The highest BCUT2D eigenvalue weighted by Crippen LogP contribution is 2.23. The normalized spacial score (nSPS) is 11.1. The first-order valence-electron chi connectivity index (χ1n) is 9.33. The predicted octanol–water partition coefficient (Wildman–Crippen LogP) is 3.82. The van der Waals surface area contributed by atoms with Gasteiger partial charge in [0.05, 0.1) is 10.6 Å². The molecule has 3 aromatic carbocycles. The Morgan fingerprint density at radius 2 is 1.55 bits per heavy atom. The number of para-hydroxylation sites is 1. The van der Waals surface area contributed by atoms with E-state index in [2.05, 4.69) is 5.32 Å². The van der Waals surface area contributed by atoms with Gasteiger partial charge in [-0.15, -0.1) is 0 Å². The van der Waals surface area contributed by atoms with E-state index in [0.717, 1.165) is 21.0 Å². The molecule has 0 atom stereocenters. The molecule has 0 heterocycles. The van der Waals surface area contributed by atoms with Gasteiger partial charge < -0.3 is 5.32 Å². The summed E-state index contributed by atoms with van der Waals surface area (Å²) in [4.78, 5) is 12.8. The van der Waals surface area contributed by atoms with Gasteiger partial charge in [0.15, 0.2) is 0 Å². The van der Waals surface area contributed by atoms with Crippen LogP contribution in [0.4, 0.5) is 5.69 Å². The number of hydrogen-bond acceptors (Lipinski definition) is 3. The number of carbonyl (C=O) groups is 1. The highest BCUT2D eigenvalue weighted by molar-refractivity contribution is 7.92. The fourth-order valence-electron chi connectivity index (χ4n) is 2.91. The van der Waals surface area contributed by atoms with Gasteiger partial charge in [-0.3, -0.25) is 9.10 Å². The maximum Gasteiger partial charge on any atom is 0.264 e. The van der Waals surface area contributed by atoms with Gasteiger partial charge in [0, 0.05) is 6.54 Å². The highest BCUT2D eigenvalue weighted by atomic mass is 32.2. The van der Waals surface area contributed by atoms with Gasteiger partial charge >= 0.3 is 0 Å². The lowest BCUT2D eigenvalue weighted by molar-refractivity contribution is -0.119. The molecule has 0 spiro atoms. The first kappa shape index (κ1) is 20.6. The van der Waals surface area contributed by atoms with Gasteiger partial charge in [0.25, 0.3) is 10.0 Å². The SMILES string of the molecule is Cc1ccc(CNC(=O)CN(c2ccccc2)S(=O)(=O)c2cccc(C)c2)cc1. The van der Waals surface area contributed by atoms with Crippen molar-refractivity contribution < 1.29 is 13.2 Å². The Bertz CT molecular complexity index is 1080. The Labute approximate surface area is 172 Å². The van der Waals surface area contributed by atoms with Crippen molar-refractivity contribution in [2.45, 2.75) is 25.3 Å². The average Bonchev–Trinajstić information content (AvgIpc) is 2.72. The predicted molar refractivity (Wildman–Crippen MR) is 115 cm³/mol. The van der Waals surface area contributed by atoms with Gasteiger partial charge in [0.2, 0.25) is 5.91 Å². The second kappa shape index (κ2) is 8.92. The summed E-state index contributed by atoms with van der Waals surface area (Å²) in [6.45, 7) is 3.87. The van der Waals surface area contributed by atoms with E-state index in [9.17, 15) is 13.2 Å². The molecule has 0 fully saturated rings. The number of nitrogens with zero attached hydrogens (tertiary/aromatic N) is 1. The Balaban J connectivity index is 1.82. The molecular weight excluding hydrogens is 384 g/mol. The van der Waals surface area contributed by atoms with Crippen LogP contribution >= 0.6 is 0 Å². The maximum absolute atomic E-state index is 13.3. The molecular formula is C23H24N2O3S. The molecule has 0 saturated heterocycles. The van der Waals surface area contributed by atoms with Gasteiger partial charge in [-0.05, 0) is 49.2 Å². The van der Waals surface area contributed by atoms with Crippen LogP contribution in [0.3, 0.4) is 0 Å². The molecule has 150 valence electrons. The molecule has 0 aliphatic heterocycles. The maximum atomic E-state index is 13.3. The second-order valence-corrected chi connectivity index (χ2v) is 8.79. The third-order valence-electron chi connectivity index (χ3n) is 4.52. The van der Waals surface area contributed by atoms with E-state index in [1.54, 1.807) is 48.5 Å². The quantitative estimate of drug-likeness (QED) is 0.646. The van der Waals surface area contributed by atoms with Crippen molar-refractivity contribution in [2.75, 3.05) is 10.8 Å². The number of anilines is 1. The van der Waals surface area contributed by atoms with Crippen LogP contribution in [0.5, 0.6) is 0 Å². The zero-order valence-electron chi connectivity index (χ0n) is 16.5. The summed E-state index contributed by atoms with van der Waals surface area (Å²) in [7, 11) is -3.89. The Kier molecular flexibility index (Phi) is 6.34. The molecule has 1 N–H and O–H groups in total. The minimum atomic E-state index is -3.89. The van der Waals surface area contributed by atoms with Crippen molar-refractivity contribution in [3.63, 3.8) is 0 Å². The average molecular weight is 409 g/mol. The first-order chi connectivity index (χ1) is 13.9. The number of aryl methyl sites for hydroxylation is 2. The van der Waals surface area contributed by atoms with Crippen LogP contribution in [0.15, 0.2) is 83.8 Å². The van der Waals surface area contributed by atoms with Gasteiger partial charge in [-0.1, -0.05) is 60.2 Å². The third-order valence-corrected chi connectivity index (χ3v) is 6.29. The zero-order valence-corrected chi connectivity index (χ0v) is 17.3. The molecule has 0 aliphatic rings. The fourth-order valence-corrected chi connectivity index (χ4v) is 4.43. The van der Waals surface area contributed by atoms with Gasteiger partial charge in [0.1, 0.15) is 6.54 Å². The van der Waals surface area contributed by atoms with Crippen molar-refractivity contribution in [2.24, 2.45) is 0 Å². The topological polar surface area (TPSA) is 66.5 Å². The van der Waals surface area contributed by atoms with Crippen molar-refractivity contribution in [1.82, 2.24) is 5.32 Å². The van der Waals surface area contributed by atoms with E-state index in [0.29, 0.717) is 12.2 Å². The van der Waals surface area contributed by atoms with E-state index < -0.39 is 10.0 Å². The molecule has 6 heteroatoms. The lowest BCUT2D eigenvalue weighted by atomic mass is 10.1. The molecule has 0 unspecified atom stereocenters. The Morgan fingerprint density at radius 3 is 2.21 bits per heavy atom. The van der Waals surface area contributed by atoms with Crippen LogP contribution in [0.1, 0.15) is 16.7 Å². The molecule has 0 bridgehead atoms. The lowest BCUT2D eigenvalue weighted by Gasteiger charge is -2.24. The summed E-state index contributed by atoms with van der Waals surface area (Å²) in [5.41, 5.74) is 3.37. The summed E-state index contributed by atoms with van der Waals surface area (Å²) in [5.74, 6) is -0.370. The molecule has 29 heavy (non-hydrogen) atoms. The summed E-state index contributed by atoms with van der Waals surface area (Å²) >= 11 is 0. The van der Waals surface area contributed by atoms with E-state index >= 15 is 0 Å². The standard InChI is InChI=1S/C23H24N2O3S/c1-18-11-13-20(14-12-18)16-24-23(26)17-25(21-8-4-3-5-9-21)29(27,28)22-10-6-7-19(2)15-22/h3-15H,16-17H2,1-2H3,(H,24,26). The number of amides is 1. The number of benzene rings is 3. The number of carbonyl (C=O) groups excluding carboxylic acids is 1. The highest BCUT2D eigenvalue weighted by Gasteiger charge is 2.27. The van der Waals surface area contributed by atoms with Crippen molar-refractivity contribution in [3.05, 3.63) is 95.6 Å². The molecule has 0 saturated carbocycles. The number of rotatable bonds is 7. The van der Waals surface area contributed by atoms with E-state index in [4.69, 9.17) is 0 Å². The zero-order chi connectivity index (χ0) is 20.9. The molecule has 0 aromatic heterocycles. The lowest BCUT2D eigenvalue weighted by Crippen LogP contribution is -2.40. The third kappa shape index (κ3) is 5.23. The Hall–Kier alpha value is -3.12. The van der Waals surface area contributed by atoms with Crippen molar-refractivity contribution in [3.8, 4) is 0 Å². The summed E-state index contributed by atoms with van der Waals surface area (Å²) in [5, 5.41) is 2.81. The van der Waals surface area contributed by atoms with Crippen molar-refractivity contribution in [1.29, 1.82) is 0 Å². The molecule has 0 aliphatic carbocycles. The van der Waals surface area contributed by atoms with Crippen LogP contribution in [-0.2, 0) is 21.4 Å². The van der Waals surface area contributed by atoms with E-state index in [-0.39, 0.29) is 17.3 Å². The van der Waals surface area contributed by atoms with E-state index in [1.165, 1.54) is 0 Å². The van der Waals surface area contributed by atoms with Crippen LogP contribution in [-0.4, -0.2) is 20.9 Å².